The molecule has 0 radical (unpaired) electrons. The SMILES string of the molecule is COC1=NC(OC(C)C)C=CC=C1. The average Bonchev–Trinajstić information content (AvgIpc) is 2.28. The maximum atomic E-state index is 5.51. The zero-order chi connectivity index (χ0) is 9.68. The van der Waals surface area contributed by atoms with Gasteiger partial charge < -0.3 is 9.47 Å². The van der Waals surface area contributed by atoms with Crippen LogP contribution in [-0.2, 0) is 9.47 Å². The molecule has 3 nitrogen and oxygen atoms in total. The lowest BCUT2D eigenvalue weighted by Gasteiger charge is -2.12. The summed E-state index contributed by atoms with van der Waals surface area (Å²) in [5, 5.41) is 0. The van der Waals surface area contributed by atoms with Crippen LogP contribution in [-0.4, -0.2) is 25.3 Å². The molecule has 3 heteroatoms. The summed E-state index contributed by atoms with van der Waals surface area (Å²) in [6.07, 6.45) is 7.41. The van der Waals surface area contributed by atoms with Crippen LogP contribution in [0.3, 0.4) is 0 Å². The smallest absolute Gasteiger partial charge is 0.211 e. The first-order chi connectivity index (χ1) is 6.22. The third kappa shape index (κ3) is 3.42. The Morgan fingerprint density at radius 2 is 2.15 bits per heavy atom. The van der Waals surface area contributed by atoms with Crippen molar-refractivity contribution in [3.8, 4) is 0 Å². The van der Waals surface area contributed by atoms with E-state index in [0.717, 1.165) is 0 Å². The van der Waals surface area contributed by atoms with E-state index in [4.69, 9.17) is 9.47 Å². The van der Waals surface area contributed by atoms with Crippen LogP contribution in [0.15, 0.2) is 29.3 Å². The fraction of sp³-hybridized carbons (Fsp3) is 0.500. The van der Waals surface area contributed by atoms with E-state index in [1.54, 1.807) is 13.2 Å². The fourth-order valence-corrected chi connectivity index (χ4v) is 0.984. The Bertz CT molecular complexity index is 241. The molecule has 0 saturated carbocycles. The number of nitrogens with zero attached hydrogens (tertiary/aromatic N) is 1. The first-order valence-corrected chi connectivity index (χ1v) is 4.34. The summed E-state index contributed by atoms with van der Waals surface area (Å²) < 4.78 is 10.5. The molecule has 0 amide bonds. The van der Waals surface area contributed by atoms with Crippen molar-refractivity contribution in [3.63, 3.8) is 0 Å². The molecular weight excluding hydrogens is 166 g/mol. The van der Waals surface area contributed by atoms with Crippen LogP contribution in [0.5, 0.6) is 0 Å². The number of methoxy groups -OCH3 is 1. The average molecular weight is 181 g/mol. The normalized spacial score (nSPS) is 21.5. The van der Waals surface area contributed by atoms with Gasteiger partial charge in [0.2, 0.25) is 5.90 Å². The van der Waals surface area contributed by atoms with Crippen LogP contribution in [0.2, 0.25) is 0 Å². The third-order valence-electron chi connectivity index (χ3n) is 1.50. The van der Waals surface area contributed by atoms with Crippen LogP contribution in [0.1, 0.15) is 13.8 Å². The molecule has 0 bridgehead atoms. The first kappa shape index (κ1) is 9.99. The van der Waals surface area contributed by atoms with E-state index in [0.29, 0.717) is 5.90 Å². The number of hydrogen-bond acceptors (Lipinski definition) is 3. The van der Waals surface area contributed by atoms with E-state index in [1.165, 1.54) is 0 Å². The summed E-state index contributed by atoms with van der Waals surface area (Å²) in [4.78, 5) is 4.23. The second-order valence-electron chi connectivity index (χ2n) is 2.99. The largest absolute Gasteiger partial charge is 0.481 e. The third-order valence-corrected chi connectivity index (χ3v) is 1.50. The van der Waals surface area contributed by atoms with E-state index in [9.17, 15) is 0 Å². The van der Waals surface area contributed by atoms with Gasteiger partial charge in [-0.1, -0.05) is 12.2 Å². The van der Waals surface area contributed by atoms with Gasteiger partial charge in [0.05, 0.1) is 13.2 Å². The highest BCUT2D eigenvalue weighted by atomic mass is 16.5. The molecule has 0 spiro atoms. The summed E-state index contributed by atoms with van der Waals surface area (Å²) in [6.45, 7) is 3.96. The molecule has 0 aromatic heterocycles. The molecule has 1 atom stereocenters. The topological polar surface area (TPSA) is 30.8 Å². The van der Waals surface area contributed by atoms with Crippen molar-refractivity contribution < 1.29 is 9.47 Å². The Labute approximate surface area is 78.8 Å². The van der Waals surface area contributed by atoms with Gasteiger partial charge in [0, 0.05) is 0 Å². The molecule has 0 saturated heterocycles. The molecule has 1 unspecified atom stereocenters. The molecule has 1 aliphatic heterocycles. The molecule has 72 valence electrons. The number of rotatable bonds is 2. The van der Waals surface area contributed by atoms with Crippen molar-refractivity contribution in [2.75, 3.05) is 7.11 Å². The molecule has 0 N–H and O–H groups in total. The van der Waals surface area contributed by atoms with E-state index in [1.807, 2.05) is 32.1 Å². The van der Waals surface area contributed by atoms with Gasteiger partial charge in [0.15, 0.2) is 6.23 Å². The van der Waals surface area contributed by atoms with Crippen molar-refractivity contribution in [1.82, 2.24) is 0 Å². The summed E-state index contributed by atoms with van der Waals surface area (Å²) in [5.41, 5.74) is 0. The predicted octanol–water partition coefficient (Wildman–Crippen LogP) is 1.91. The Hall–Kier alpha value is -1.09. The van der Waals surface area contributed by atoms with Gasteiger partial charge in [-0.05, 0) is 26.0 Å². The first-order valence-electron chi connectivity index (χ1n) is 4.34. The molecule has 0 aliphatic carbocycles. The second kappa shape index (κ2) is 4.82. The van der Waals surface area contributed by atoms with Crippen LogP contribution in [0.4, 0.5) is 0 Å². The quantitative estimate of drug-likeness (QED) is 0.651. The number of allylic oxidation sites excluding steroid dienone is 2. The van der Waals surface area contributed by atoms with Crippen LogP contribution in [0, 0.1) is 0 Å². The molecular formula is C10H15NO2. The molecule has 0 fully saturated rings. The van der Waals surface area contributed by atoms with Gasteiger partial charge in [-0.15, -0.1) is 0 Å². The van der Waals surface area contributed by atoms with Gasteiger partial charge in [0.1, 0.15) is 0 Å². The Balaban J connectivity index is 2.64. The Morgan fingerprint density at radius 3 is 2.77 bits per heavy atom. The second-order valence-corrected chi connectivity index (χ2v) is 2.99. The number of ether oxygens (including phenoxy) is 2. The lowest BCUT2D eigenvalue weighted by Crippen LogP contribution is -2.15. The van der Waals surface area contributed by atoms with E-state index in [2.05, 4.69) is 4.99 Å². The fourth-order valence-electron chi connectivity index (χ4n) is 0.984. The Kier molecular flexibility index (Phi) is 3.71. The van der Waals surface area contributed by atoms with Gasteiger partial charge in [-0.2, -0.15) is 0 Å². The summed E-state index contributed by atoms with van der Waals surface area (Å²) in [7, 11) is 1.60. The van der Waals surface area contributed by atoms with Crippen LogP contribution in [0.25, 0.3) is 0 Å². The maximum absolute atomic E-state index is 5.51. The minimum atomic E-state index is -0.232. The molecule has 1 rings (SSSR count). The van der Waals surface area contributed by atoms with Gasteiger partial charge >= 0.3 is 0 Å². The summed E-state index contributed by atoms with van der Waals surface area (Å²) in [6, 6.07) is 0. The van der Waals surface area contributed by atoms with Crippen molar-refractivity contribution in [3.05, 3.63) is 24.3 Å². The lowest BCUT2D eigenvalue weighted by molar-refractivity contribution is 0.0398. The molecule has 0 aromatic carbocycles. The van der Waals surface area contributed by atoms with Crippen molar-refractivity contribution >= 4 is 5.90 Å². The van der Waals surface area contributed by atoms with E-state index >= 15 is 0 Å². The molecule has 1 aliphatic rings. The van der Waals surface area contributed by atoms with Gasteiger partial charge in [-0.25, -0.2) is 4.99 Å². The lowest BCUT2D eigenvalue weighted by atomic mass is 10.4. The van der Waals surface area contributed by atoms with Gasteiger partial charge in [0.25, 0.3) is 0 Å². The molecule has 13 heavy (non-hydrogen) atoms. The zero-order valence-corrected chi connectivity index (χ0v) is 8.23. The van der Waals surface area contributed by atoms with E-state index < -0.39 is 0 Å². The summed E-state index contributed by atoms with van der Waals surface area (Å²) >= 11 is 0. The Morgan fingerprint density at radius 1 is 1.38 bits per heavy atom. The monoisotopic (exact) mass is 181 g/mol. The maximum Gasteiger partial charge on any atom is 0.211 e. The zero-order valence-electron chi connectivity index (χ0n) is 8.23. The van der Waals surface area contributed by atoms with Crippen molar-refractivity contribution in [1.29, 1.82) is 0 Å². The highest BCUT2D eigenvalue weighted by Crippen LogP contribution is 2.06. The predicted molar refractivity (Wildman–Crippen MR) is 52.7 cm³/mol. The van der Waals surface area contributed by atoms with Crippen molar-refractivity contribution in [2.45, 2.75) is 26.2 Å². The minimum absolute atomic E-state index is 0.162. The summed E-state index contributed by atoms with van der Waals surface area (Å²) in [5.74, 6) is 0.593. The standard InChI is InChI=1S/C10H15NO2/c1-8(2)13-10-7-5-4-6-9(11-10)12-3/h4-8,10H,1-3H3. The van der Waals surface area contributed by atoms with Gasteiger partial charge in [-0.3, -0.25) is 0 Å². The van der Waals surface area contributed by atoms with Crippen molar-refractivity contribution in [2.24, 2.45) is 4.99 Å². The van der Waals surface area contributed by atoms with E-state index in [-0.39, 0.29) is 12.3 Å². The van der Waals surface area contributed by atoms with Crippen LogP contribution >= 0.6 is 0 Å². The van der Waals surface area contributed by atoms with Crippen LogP contribution < -0.4 is 0 Å². The highest BCUT2D eigenvalue weighted by Gasteiger charge is 2.07. The minimum Gasteiger partial charge on any atom is -0.481 e. The highest BCUT2D eigenvalue weighted by molar-refractivity contribution is 5.88. The number of aliphatic imine (C=N–C) groups is 1. The molecule has 1 heterocycles. The number of hydrogen-bond donors (Lipinski definition) is 0. The molecule has 0 aromatic rings.